The Hall–Kier alpha value is -0.610. The van der Waals surface area contributed by atoms with Crippen LogP contribution >= 0.6 is 0 Å². The Morgan fingerprint density at radius 1 is 1.29 bits per heavy atom. The molecule has 17 heavy (non-hydrogen) atoms. The zero-order valence-corrected chi connectivity index (χ0v) is 11.1. The Morgan fingerprint density at radius 3 is 2.47 bits per heavy atom. The fraction of sp³-hybridized carbons (Fsp3) is 0.923. The minimum atomic E-state index is 0.113. The lowest BCUT2D eigenvalue weighted by molar-refractivity contribution is -0.136. The van der Waals surface area contributed by atoms with Crippen molar-refractivity contribution in [3.05, 3.63) is 0 Å². The number of piperazine rings is 1. The summed E-state index contributed by atoms with van der Waals surface area (Å²) < 4.78 is 0. The molecule has 2 rings (SSSR count). The van der Waals surface area contributed by atoms with Crippen LogP contribution in [-0.4, -0.2) is 61.0 Å². The molecule has 0 aromatic rings. The van der Waals surface area contributed by atoms with E-state index < -0.39 is 0 Å². The van der Waals surface area contributed by atoms with Gasteiger partial charge in [-0.05, 0) is 19.4 Å². The Morgan fingerprint density at radius 2 is 1.94 bits per heavy atom. The summed E-state index contributed by atoms with van der Waals surface area (Å²) in [5, 5.41) is 3.25. The van der Waals surface area contributed by atoms with E-state index in [1.165, 1.54) is 12.8 Å². The molecule has 2 fully saturated rings. The van der Waals surface area contributed by atoms with Crippen LogP contribution in [0, 0.1) is 5.92 Å². The molecule has 4 heteroatoms. The summed E-state index contributed by atoms with van der Waals surface area (Å²) in [6.07, 6.45) is 2.73. The number of hydrogen-bond acceptors (Lipinski definition) is 3. The van der Waals surface area contributed by atoms with E-state index in [0.29, 0.717) is 5.91 Å². The molecule has 1 aliphatic carbocycles. The minimum Gasteiger partial charge on any atom is -0.340 e. The van der Waals surface area contributed by atoms with Gasteiger partial charge in [-0.1, -0.05) is 13.8 Å². The summed E-state index contributed by atoms with van der Waals surface area (Å²) >= 11 is 0. The molecule has 2 aliphatic rings. The largest absolute Gasteiger partial charge is 0.340 e. The monoisotopic (exact) mass is 239 g/mol. The van der Waals surface area contributed by atoms with Gasteiger partial charge in [0.05, 0.1) is 0 Å². The smallest absolute Gasteiger partial charge is 0.226 e. The first-order chi connectivity index (χ1) is 8.22. The highest BCUT2D eigenvalue weighted by molar-refractivity contribution is 5.78. The summed E-state index contributed by atoms with van der Waals surface area (Å²) in [4.78, 5) is 16.7. The Balaban J connectivity index is 1.73. The molecule has 1 aliphatic heterocycles. The first-order valence-corrected chi connectivity index (χ1v) is 6.96. The van der Waals surface area contributed by atoms with Crippen LogP contribution in [0.2, 0.25) is 0 Å². The van der Waals surface area contributed by atoms with Crippen molar-refractivity contribution in [2.24, 2.45) is 5.92 Å². The normalized spacial score (nSPS) is 23.8. The number of hydrogen-bond donors (Lipinski definition) is 1. The molecule has 1 saturated carbocycles. The fourth-order valence-corrected chi connectivity index (χ4v) is 2.51. The molecular weight excluding hydrogens is 214 g/mol. The van der Waals surface area contributed by atoms with E-state index in [2.05, 4.69) is 17.1 Å². The fourth-order valence-electron chi connectivity index (χ4n) is 2.51. The number of amides is 1. The van der Waals surface area contributed by atoms with Crippen molar-refractivity contribution in [1.29, 1.82) is 0 Å². The molecule has 0 aromatic heterocycles. The highest BCUT2D eigenvalue weighted by Gasteiger charge is 2.32. The Bertz CT molecular complexity index is 257. The SMILES string of the molecule is CCNCC(C)C(=O)N1CCN(C2CC2)CC1. The molecule has 0 spiro atoms. The van der Waals surface area contributed by atoms with Gasteiger partial charge in [-0.15, -0.1) is 0 Å². The molecule has 0 radical (unpaired) electrons. The summed E-state index contributed by atoms with van der Waals surface area (Å²) in [6, 6.07) is 0.839. The zero-order valence-electron chi connectivity index (χ0n) is 11.1. The summed E-state index contributed by atoms with van der Waals surface area (Å²) in [7, 11) is 0. The van der Waals surface area contributed by atoms with E-state index in [-0.39, 0.29) is 5.92 Å². The lowest BCUT2D eigenvalue weighted by Crippen LogP contribution is -2.51. The van der Waals surface area contributed by atoms with E-state index in [9.17, 15) is 4.79 Å². The zero-order chi connectivity index (χ0) is 12.3. The lowest BCUT2D eigenvalue weighted by atomic mass is 10.1. The van der Waals surface area contributed by atoms with Crippen molar-refractivity contribution in [1.82, 2.24) is 15.1 Å². The topological polar surface area (TPSA) is 35.6 Å². The number of carbonyl (C=O) groups excluding carboxylic acids is 1. The van der Waals surface area contributed by atoms with Crippen LogP contribution in [-0.2, 0) is 4.79 Å². The van der Waals surface area contributed by atoms with Gasteiger partial charge in [-0.25, -0.2) is 0 Å². The molecule has 98 valence electrons. The number of nitrogens with zero attached hydrogens (tertiary/aromatic N) is 2. The molecule has 1 heterocycles. The Kier molecular flexibility index (Phi) is 4.40. The molecule has 0 bridgehead atoms. The van der Waals surface area contributed by atoms with E-state index in [0.717, 1.165) is 45.3 Å². The van der Waals surface area contributed by atoms with Crippen LogP contribution in [0.4, 0.5) is 0 Å². The van der Waals surface area contributed by atoms with Crippen molar-refractivity contribution in [2.45, 2.75) is 32.7 Å². The van der Waals surface area contributed by atoms with Crippen molar-refractivity contribution >= 4 is 5.91 Å². The third-order valence-corrected chi connectivity index (χ3v) is 3.81. The quantitative estimate of drug-likeness (QED) is 0.760. The van der Waals surface area contributed by atoms with Crippen LogP contribution in [0.5, 0.6) is 0 Å². The van der Waals surface area contributed by atoms with Gasteiger partial charge < -0.3 is 10.2 Å². The van der Waals surface area contributed by atoms with Gasteiger partial charge in [0.25, 0.3) is 0 Å². The second-order valence-electron chi connectivity index (χ2n) is 5.30. The molecule has 1 N–H and O–H groups in total. The van der Waals surface area contributed by atoms with Crippen LogP contribution in [0.1, 0.15) is 26.7 Å². The molecule has 0 aromatic carbocycles. The molecule has 1 unspecified atom stereocenters. The second-order valence-corrected chi connectivity index (χ2v) is 5.30. The van der Waals surface area contributed by atoms with Gasteiger partial charge in [0.1, 0.15) is 0 Å². The Labute approximate surface area is 104 Å². The summed E-state index contributed by atoms with van der Waals surface area (Å²) in [6.45, 7) is 9.83. The number of rotatable bonds is 5. The van der Waals surface area contributed by atoms with Crippen molar-refractivity contribution < 1.29 is 4.79 Å². The van der Waals surface area contributed by atoms with Gasteiger partial charge in [-0.2, -0.15) is 0 Å². The summed E-state index contributed by atoms with van der Waals surface area (Å²) in [5.41, 5.74) is 0. The van der Waals surface area contributed by atoms with Crippen molar-refractivity contribution in [2.75, 3.05) is 39.3 Å². The maximum atomic E-state index is 12.2. The molecule has 1 atom stereocenters. The van der Waals surface area contributed by atoms with Crippen molar-refractivity contribution in [3.63, 3.8) is 0 Å². The third kappa shape index (κ3) is 3.42. The maximum absolute atomic E-state index is 12.2. The van der Waals surface area contributed by atoms with E-state index in [1.807, 2.05) is 11.8 Å². The van der Waals surface area contributed by atoms with Gasteiger partial charge in [0.15, 0.2) is 0 Å². The first-order valence-electron chi connectivity index (χ1n) is 6.96. The van der Waals surface area contributed by atoms with E-state index in [1.54, 1.807) is 0 Å². The van der Waals surface area contributed by atoms with Gasteiger partial charge in [0.2, 0.25) is 5.91 Å². The molecule has 4 nitrogen and oxygen atoms in total. The second kappa shape index (κ2) is 5.83. The standard InChI is InChI=1S/C13H25N3O/c1-3-14-10-11(2)13(17)16-8-6-15(7-9-16)12-4-5-12/h11-12,14H,3-10H2,1-2H3. The van der Waals surface area contributed by atoms with Crippen LogP contribution in [0.25, 0.3) is 0 Å². The van der Waals surface area contributed by atoms with Gasteiger partial charge >= 0.3 is 0 Å². The molecular formula is C13H25N3O. The van der Waals surface area contributed by atoms with E-state index in [4.69, 9.17) is 0 Å². The maximum Gasteiger partial charge on any atom is 0.226 e. The summed E-state index contributed by atoms with van der Waals surface area (Å²) in [5.74, 6) is 0.434. The minimum absolute atomic E-state index is 0.113. The van der Waals surface area contributed by atoms with Gasteiger partial charge in [0, 0.05) is 44.7 Å². The highest BCUT2D eigenvalue weighted by atomic mass is 16.2. The van der Waals surface area contributed by atoms with Crippen molar-refractivity contribution in [3.8, 4) is 0 Å². The first kappa shape index (κ1) is 12.8. The highest BCUT2D eigenvalue weighted by Crippen LogP contribution is 2.27. The average molecular weight is 239 g/mol. The van der Waals surface area contributed by atoms with Gasteiger partial charge in [-0.3, -0.25) is 9.69 Å². The third-order valence-electron chi connectivity index (χ3n) is 3.81. The van der Waals surface area contributed by atoms with Crippen LogP contribution < -0.4 is 5.32 Å². The number of carbonyl (C=O) groups is 1. The number of nitrogens with one attached hydrogen (secondary N) is 1. The lowest BCUT2D eigenvalue weighted by Gasteiger charge is -2.36. The molecule has 1 amide bonds. The van der Waals surface area contributed by atoms with E-state index >= 15 is 0 Å². The predicted octanol–water partition coefficient (Wildman–Crippen LogP) is 0.539. The average Bonchev–Trinajstić information content (AvgIpc) is 3.19. The van der Waals surface area contributed by atoms with Crippen LogP contribution in [0.15, 0.2) is 0 Å². The van der Waals surface area contributed by atoms with Crippen LogP contribution in [0.3, 0.4) is 0 Å². The molecule has 1 saturated heterocycles. The predicted molar refractivity (Wildman–Crippen MR) is 68.9 cm³/mol.